The van der Waals surface area contributed by atoms with Gasteiger partial charge in [-0.3, -0.25) is 0 Å². The summed E-state index contributed by atoms with van der Waals surface area (Å²) in [6.07, 6.45) is 0.912. The van der Waals surface area contributed by atoms with Crippen LogP contribution in [0.2, 0.25) is 0 Å². The van der Waals surface area contributed by atoms with Crippen molar-refractivity contribution in [3.63, 3.8) is 0 Å². The highest BCUT2D eigenvalue weighted by molar-refractivity contribution is 5.44. The summed E-state index contributed by atoms with van der Waals surface area (Å²) in [5.41, 5.74) is 7.05. The molecule has 1 atom stereocenters. The molecule has 94 valence electrons. The Morgan fingerprint density at radius 1 is 1.29 bits per heavy atom. The van der Waals surface area contributed by atoms with E-state index in [0.29, 0.717) is 26.4 Å². The molecule has 1 aromatic carbocycles. The number of fused-ring (bicyclic) bond motifs is 1. The lowest BCUT2D eigenvalue weighted by Crippen LogP contribution is -2.17. The molecule has 1 heterocycles. The third-order valence-electron chi connectivity index (χ3n) is 2.70. The molecule has 2 N–H and O–H groups in total. The van der Waals surface area contributed by atoms with E-state index in [0.717, 1.165) is 23.5 Å². The van der Waals surface area contributed by atoms with E-state index in [2.05, 4.69) is 0 Å². The van der Waals surface area contributed by atoms with E-state index in [1.807, 2.05) is 25.1 Å². The molecule has 0 radical (unpaired) electrons. The van der Waals surface area contributed by atoms with E-state index >= 15 is 0 Å². The van der Waals surface area contributed by atoms with Gasteiger partial charge in [0.1, 0.15) is 0 Å². The van der Waals surface area contributed by atoms with Crippen molar-refractivity contribution < 1.29 is 14.2 Å². The fourth-order valence-corrected chi connectivity index (χ4v) is 1.75. The maximum Gasteiger partial charge on any atom is 0.161 e. The van der Waals surface area contributed by atoms with E-state index in [4.69, 9.17) is 19.9 Å². The Hall–Kier alpha value is -1.26. The lowest BCUT2D eigenvalue weighted by molar-refractivity contribution is 0.133. The van der Waals surface area contributed by atoms with E-state index in [1.54, 1.807) is 0 Å². The largest absolute Gasteiger partial charge is 0.490 e. The summed E-state index contributed by atoms with van der Waals surface area (Å²) in [6.45, 7) is 4.56. The molecule has 0 aromatic heterocycles. The van der Waals surface area contributed by atoms with Gasteiger partial charge in [0.2, 0.25) is 0 Å². The van der Waals surface area contributed by atoms with Crippen molar-refractivity contribution in [1.29, 1.82) is 0 Å². The molecule has 1 aliphatic heterocycles. The molecule has 0 saturated heterocycles. The van der Waals surface area contributed by atoms with E-state index < -0.39 is 0 Å². The molecule has 0 amide bonds. The molecule has 0 saturated carbocycles. The van der Waals surface area contributed by atoms with Crippen LogP contribution in [0.15, 0.2) is 18.2 Å². The molecular formula is C13H19NO3. The lowest BCUT2D eigenvalue weighted by Gasteiger charge is -2.14. The van der Waals surface area contributed by atoms with Crippen LogP contribution in [0.4, 0.5) is 0 Å². The summed E-state index contributed by atoms with van der Waals surface area (Å²) in [6, 6.07) is 5.72. The number of hydrogen-bond donors (Lipinski definition) is 1. The summed E-state index contributed by atoms with van der Waals surface area (Å²) in [5.74, 6) is 1.59. The Morgan fingerprint density at radius 2 is 2.06 bits per heavy atom. The van der Waals surface area contributed by atoms with Crippen LogP contribution in [0.25, 0.3) is 0 Å². The first kappa shape index (κ1) is 12.2. The molecule has 17 heavy (non-hydrogen) atoms. The van der Waals surface area contributed by atoms with Crippen LogP contribution in [0.1, 0.15) is 24.9 Å². The van der Waals surface area contributed by atoms with Crippen molar-refractivity contribution in [3.8, 4) is 11.5 Å². The Morgan fingerprint density at radius 3 is 2.82 bits per heavy atom. The molecule has 1 aromatic rings. The van der Waals surface area contributed by atoms with Gasteiger partial charge in [-0.2, -0.15) is 0 Å². The molecule has 1 unspecified atom stereocenters. The van der Waals surface area contributed by atoms with Crippen LogP contribution >= 0.6 is 0 Å². The first-order valence-electron chi connectivity index (χ1n) is 6.04. The molecular weight excluding hydrogens is 218 g/mol. The quantitative estimate of drug-likeness (QED) is 0.868. The zero-order chi connectivity index (χ0) is 12.1. The Balaban J connectivity index is 2.11. The molecule has 2 rings (SSSR count). The zero-order valence-electron chi connectivity index (χ0n) is 10.1. The van der Waals surface area contributed by atoms with Gasteiger partial charge in [0.05, 0.1) is 25.9 Å². The third-order valence-corrected chi connectivity index (χ3v) is 2.70. The van der Waals surface area contributed by atoms with Crippen LogP contribution in [-0.4, -0.2) is 26.4 Å². The first-order chi connectivity index (χ1) is 8.31. The van der Waals surface area contributed by atoms with Crippen LogP contribution in [0.5, 0.6) is 11.5 Å². The van der Waals surface area contributed by atoms with Crippen molar-refractivity contribution in [2.75, 3.05) is 26.4 Å². The number of hydrogen-bond acceptors (Lipinski definition) is 4. The summed E-state index contributed by atoms with van der Waals surface area (Å²) < 4.78 is 16.5. The highest BCUT2D eigenvalue weighted by Gasteiger charge is 2.13. The number of rotatable bonds is 4. The summed E-state index contributed by atoms with van der Waals surface area (Å²) in [7, 11) is 0. The Labute approximate surface area is 102 Å². The molecule has 1 aliphatic rings. The predicted octanol–water partition coefficient (Wildman–Crippen LogP) is 1.88. The van der Waals surface area contributed by atoms with Gasteiger partial charge in [-0.1, -0.05) is 6.07 Å². The normalized spacial score (nSPS) is 16.4. The minimum absolute atomic E-state index is 0.118. The van der Waals surface area contributed by atoms with Crippen molar-refractivity contribution in [3.05, 3.63) is 23.8 Å². The van der Waals surface area contributed by atoms with Crippen molar-refractivity contribution >= 4 is 0 Å². The molecule has 0 aliphatic carbocycles. The van der Waals surface area contributed by atoms with Gasteiger partial charge in [0.15, 0.2) is 11.5 Å². The van der Waals surface area contributed by atoms with Crippen molar-refractivity contribution in [2.45, 2.75) is 19.4 Å². The van der Waals surface area contributed by atoms with Crippen LogP contribution in [0, 0.1) is 0 Å². The Kier molecular flexibility index (Phi) is 4.23. The average Bonchev–Trinajstić information content (AvgIpc) is 2.60. The highest BCUT2D eigenvalue weighted by Crippen LogP contribution is 2.31. The second-order valence-electron chi connectivity index (χ2n) is 4.02. The molecule has 0 fully saturated rings. The number of ether oxygens (including phenoxy) is 3. The fraction of sp³-hybridized carbons (Fsp3) is 0.538. The second kappa shape index (κ2) is 5.89. The fourth-order valence-electron chi connectivity index (χ4n) is 1.75. The summed E-state index contributed by atoms with van der Waals surface area (Å²) in [5, 5.41) is 0. The number of nitrogens with two attached hydrogens (primary N) is 1. The minimum Gasteiger partial charge on any atom is -0.490 e. The number of benzene rings is 1. The average molecular weight is 237 g/mol. The van der Waals surface area contributed by atoms with Crippen LogP contribution in [0.3, 0.4) is 0 Å². The first-order valence-corrected chi connectivity index (χ1v) is 6.04. The monoisotopic (exact) mass is 237 g/mol. The summed E-state index contributed by atoms with van der Waals surface area (Å²) >= 11 is 0. The highest BCUT2D eigenvalue weighted by atomic mass is 16.5. The van der Waals surface area contributed by atoms with Gasteiger partial charge in [0.25, 0.3) is 0 Å². The van der Waals surface area contributed by atoms with Gasteiger partial charge in [-0.25, -0.2) is 0 Å². The van der Waals surface area contributed by atoms with Gasteiger partial charge in [-0.15, -0.1) is 0 Å². The zero-order valence-corrected chi connectivity index (χ0v) is 10.1. The maximum absolute atomic E-state index is 6.03. The van der Waals surface area contributed by atoms with Crippen LogP contribution in [-0.2, 0) is 4.74 Å². The smallest absolute Gasteiger partial charge is 0.161 e. The van der Waals surface area contributed by atoms with Gasteiger partial charge < -0.3 is 19.9 Å². The maximum atomic E-state index is 6.03. The van der Waals surface area contributed by atoms with Gasteiger partial charge in [0, 0.05) is 13.0 Å². The standard InChI is InChI=1S/C13H19NO3/c1-2-15-9-11(14)10-4-5-12-13(8-10)17-7-3-6-16-12/h4-5,8,11H,2-3,6-7,9,14H2,1H3. The van der Waals surface area contributed by atoms with E-state index in [-0.39, 0.29) is 6.04 Å². The van der Waals surface area contributed by atoms with E-state index in [9.17, 15) is 0 Å². The molecule has 4 heteroatoms. The molecule has 0 bridgehead atoms. The lowest BCUT2D eigenvalue weighted by atomic mass is 10.1. The van der Waals surface area contributed by atoms with Gasteiger partial charge >= 0.3 is 0 Å². The summed E-state index contributed by atoms with van der Waals surface area (Å²) in [4.78, 5) is 0. The van der Waals surface area contributed by atoms with Gasteiger partial charge in [-0.05, 0) is 24.6 Å². The topological polar surface area (TPSA) is 53.7 Å². The van der Waals surface area contributed by atoms with E-state index in [1.165, 1.54) is 0 Å². The second-order valence-corrected chi connectivity index (χ2v) is 4.02. The third kappa shape index (κ3) is 3.11. The Bertz CT molecular complexity index is 368. The minimum atomic E-state index is -0.118. The van der Waals surface area contributed by atoms with Crippen molar-refractivity contribution in [2.24, 2.45) is 5.73 Å². The van der Waals surface area contributed by atoms with Crippen molar-refractivity contribution in [1.82, 2.24) is 0 Å². The molecule has 0 spiro atoms. The molecule has 4 nitrogen and oxygen atoms in total. The SMILES string of the molecule is CCOCC(N)c1ccc2c(c1)OCCCO2. The predicted molar refractivity (Wildman–Crippen MR) is 65.5 cm³/mol. The van der Waals surface area contributed by atoms with Crippen LogP contribution < -0.4 is 15.2 Å².